The first-order valence-corrected chi connectivity index (χ1v) is 13.5. The summed E-state index contributed by atoms with van der Waals surface area (Å²) in [5.74, 6) is 1.41. The average molecular weight is 496 g/mol. The van der Waals surface area contributed by atoms with Gasteiger partial charge in [0.15, 0.2) is 5.82 Å². The molecule has 0 spiro atoms. The van der Waals surface area contributed by atoms with Crippen LogP contribution in [0.5, 0.6) is 0 Å². The Kier molecular flexibility index (Phi) is 7.10. The van der Waals surface area contributed by atoms with E-state index in [9.17, 15) is 13.2 Å². The van der Waals surface area contributed by atoms with Gasteiger partial charge in [-0.05, 0) is 67.1 Å². The van der Waals surface area contributed by atoms with Crippen LogP contribution in [0.3, 0.4) is 0 Å². The Hall–Kier alpha value is -3.04. The summed E-state index contributed by atoms with van der Waals surface area (Å²) in [5.41, 5.74) is 2.46. The monoisotopic (exact) mass is 495 g/mol. The van der Waals surface area contributed by atoms with Crippen LogP contribution in [0.25, 0.3) is 11.4 Å². The van der Waals surface area contributed by atoms with Crippen LogP contribution in [0.1, 0.15) is 58.3 Å². The number of amides is 1. The minimum atomic E-state index is -3.84. The Labute approximate surface area is 207 Å². The molecule has 0 aliphatic carbocycles. The number of nitrogens with zero attached hydrogens (tertiary/aromatic N) is 3. The molecule has 0 bridgehead atoms. The number of hydrogen-bond acceptors (Lipinski definition) is 5. The van der Waals surface area contributed by atoms with Crippen molar-refractivity contribution in [1.82, 2.24) is 19.5 Å². The quantitative estimate of drug-likeness (QED) is 0.531. The van der Waals surface area contributed by atoms with Crippen molar-refractivity contribution < 1.29 is 13.2 Å². The summed E-state index contributed by atoms with van der Waals surface area (Å²) in [5, 5.41) is 11.5. The average Bonchev–Trinajstić information content (AvgIpc) is 3.06. The number of rotatable bonds is 6. The third-order valence-electron chi connectivity index (χ3n) is 6.28. The number of sulfonamides is 1. The molecule has 1 aliphatic rings. The van der Waals surface area contributed by atoms with Crippen LogP contribution in [-0.4, -0.2) is 35.1 Å². The van der Waals surface area contributed by atoms with Gasteiger partial charge < -0.3 is 9.88 Å². The van der Waals surface area contributed by atoms with E-state index >= 15 is 0 Å². The number of aryl methyl sites for hydroxylation is 1. The van der Waals surface area contributed by atoms with Gasteiger partial charge in [0.1, 0.15) is 5.82 Å². The highest BCUT2D eigenvalue weighted by molar-refractivity contribution is 7.89. The second kappa shape index (κ2) is 9.91. The maximum Gasteiger partial charge on any atom is 0.242 e. The van der Waals surface area contributed by atoms with E-state index < -0.39 is 22.0 Å². The standard InChI is InChI=1S/C26H33N5O3S/c1-18(30-35(33,34)22-15-11-20(12-16-22)26(2,3)4)25(32)27-21-13-9-19(10-14-21)24-29-28-23-8-6-5-7-17-31(23)24/h9-16,18,30H,5-8,17H2,1-4H3,(H,27,32)/t18-/m0/s1. The molecular weight excluding hydrogens is 462 g/mol. The molecule has 1 aliphatic heterocycles. The maximum absolute atomic E-state index is 12.8. The lowest BCUT2D eigenvalue weighted by Gasteiger charge is -2.19. The molecule has 0 saturated carbocycles. The number of nitrogens with one attached hydrogen (secondary N) is 2. The van der Waals surface area contributed by atoms with Crippen molar-refractivity contribution in [2.24, 2.45) is 0 Å². The zero-order chi connectivity index (χ0) is 25.2. The first-order chi connectivity index (χ1) is 16.5. The van der Waals surface area contributed by atoms with Gasteiger partial charge in [0.2, 0.25) is 15.9 Å². The minimum absolute atomic E-state index is 0.0782. The topological polar surface area (TPSA) is 106 Å². The van der Waals surface area contributed by atoms with Gasteiger partial charge in [0.05, 0.1) is 10.9 Å². The number of carbonyl (C=O) groups excluding carboxylic acids is 1. The molecule has 2 aromatic carbocycles. The second-order valence-electron chi connectivity index (χ2n) is 10.1. The van der Waals surface area contributed by atoms with Gasteiger partial charge in [-0.1, -0.05) is 39.3 Å². The lowest BCUT2D eigenvalue weighted by atomic mass is 9.87. The van der Waals surface area contributed by atoms with Crippen molar-refractivity contribution in [3.8, 4) is 11.4 Å². The Morgan fingerprint density at radius 1 is 0.971 bits per heavy atom. The van der Waals surface area contributed by atoms with Gasteiger partial charge in [-0.2, -0.15) is 4.72 Å². The van der Waals surface area contributed by atoms with Crippen LogP contribution < -0.4 is 10.0 Å². The van der Waals surface area contributed by atoms with E-state index in [1.54, 1.807) is 36.4 Å². The number of benzene rings is 2. The van der Waals surface area contributed by atoms with Crippen LogP contribution in [0, 0.1) is 0 Å². The molecule has 35 heavy (non-hydrogen) atoms. The van der Waals surface area contributed by atoms with Crippen LogP contribution >= 0.6 is 0 Å². The highest BCUT2D eigenvalue weighted by Gasteiger charge is 2.23. The molecule has 4 rings (SSSR count). The SMILES string of the molecule is C[C@H](NS(=O)(=O)c1ccc(C(C)(C)C)cc1)C(=O)Nc1ccc(-c2nnc3n2CCCCC3)cc1. The van der Waals surface area contributed by atoms with Gasteiger partial charge in [-0.3, -0.25) is 4.79 Å². The van der Waals surface area contributed by atoms with Crippen molar-refractivity contribution in [1.29, 1.82) is 0 Å². The molecule has 2 N–H and O–H groups in total. The molecule has 0 unspecified atom stereocenters. The summed E-state index contributed by atoms with van der Waals surface area (Å²) in [6.07, 6.45) is 4.38. The number of anilines is 1. The fraction of sp³-hybridized carbons (Fsp3) is 0.423. The molecule has 9 heteroatoms. The molecule has 8 nitrogen and oxygen atoms in total. The van der Waals surface area contributed by atoms with Gasteiger partial charge in [0.25, 0.3) is 0 Å². The Balaban J connectivity index is 1.40. The third-order valence-corrected chi connectivity index (χ3v) is 7.83. The first kappa shape index (κ1) is 25.1. The maximum atomic E-state index is 12.8. The molecule has 3 aromatic rings. The van der Waals surface area contributed by atoms with E-state index in [-0.39, 0.29) is 10.3 Å². The van der Waals surface area contributed by atoms with E-state index in [1.165, 1.54) is 13.3 Å². The highest BCUT2D eigenvalue weighted by atomic mass is 32.2. The predicted octanol–water partition coefficient (Wildman–Crippen LogP) is 4.27. The fourth-order valence-corrected chi connectivity index (χ4v) is 5.34. The molecule has 1 atom stereocenters. The van der Waals surface area contributed by atoms with Gasteiger partial charge in [-0.15, -0.1) is 10.2 Å². The summed E-state index contributed by atoms with van der Waals surface area (Å²) in [6.45, 7) is 8.63. The van der Waals surface area contributed by atoms with Crippen LogP contribution in [0.4, 0.5) is 5.69 Å². The van der Waals surface area contributed by atoms with Crippen molar-refractivity contribution in [2.45, 2.75) is 76.3 Å². The van der Waals surface area contributed by atoms with Gasteiger partial charge in [-0.25, -0.2) is 8.42 Å². The summed E-state index contributed by atoms with van der Waals surface area (Å²) in [7, 11) is -3.84. The van der Waals surface area contributed by atoms with Crippen LogP contribution in [-0.2, 0) is 33.2 Å². The Morgan fingerprint density at radius 3 is 2.31 bits per heavy atom. The minimum Gasteiger partial charge on any atom is -0.325 e. The highest BCUT2D eigenvalue weighted by Crippen LogP contribution is 2.25. The van der Waals surface area contributed by atoms with Gasteiger partial charge in [0, 0.05) is 24.2 Å². The van der Waals surface area contributed by atoms with Crippen molar-refractivity contribution in [3.63, 3.8) is 0 Å². The van der Waals surface area contributed by atoms with Crippen LogP contribution in [0.15, 0.2) is 53.4 Å². The van der Waals surface area contributed by atoms with Crippen molar-refractivity contribution in [3.05, 3.63) is 59.9 Å². The summed E-state index contributed by atoms with van der Waals surface area (Å²) >= 11 is 0. The first-order valence-electron chi connectivity index (χ1n) is 12.0. The van der Waals surface area contributed by atoms with E-state index in [2.05, 4.69) is 45.6 Å². The van der Waals surface area contributed by atoms with E-state index in [4.69, 9.17) is 0 Å². The molecule has 0 saturated heterocycles. The van der Waals surface area contributed by atoms with Crippen molar-refractivity contribution in [2.75, 3.05) is 5.32 Å². The molecule has 186 valence electrons. The van der Waals surface area contributed by atoms with Gasteiger partial charge >= 0.3 is 0 Å². The molecule has 2 heterocycles. The smallest absolute Gasteiger partial charge is 0.242 e. The number of carbonyl (C=O) groups is 1. The number of aromatic nitrogens is 3. The van der Waals surface area contributed by atoms with Crippen molar-refractivity contribution >= 4 is 21.6 Å². The third kappa shape index (κ3) is 5.79. The zero-order valence-corrected chi connectivity index (χ0v) is 21.5. The number of hydrogen-bond donors (Lipinski definition) is 2. The predicted molar refractivity (Wildman–Crippen MR) is 137 cm³/mol. The molecular formula is C26H33N5O3S. The second-order valence-corrected chi connectivity index (χ2v) is 11.8. The summed E-state index contributed by atoms with van der Waals surface area (Å²) < 4.78 is 30.2. The molecule has 1 amide bonds. The molecule has 0 fully saturated rings. The Bertz CT molecular complexity index is 1290. The summed E-state index contributed by atoms with van der Waals surface area (Å²) in [4.78, 5) is 12.8. The molecule has 0 radical (unpaired) electrons. The Morgan fingerprint density at radius 2 is 1.66 bits per heavy atom. The lowest BCUT2D eigenvalue weighted by molar-refractivity contribution is -0.117. The number of fused-ring (bicyclic) bond motifs is 1. The van der Waals surface area contributed by atoms with E-state index in [1.807, 2.05) is 12.1 Å². The lowest BCUT2D eigenvalue weighted by Crippen LogP contribution is -2.41. The summed E-state index contributed by atoms with van der Waals surface area (Å²) in [6, 6.07) is 13.1. The van der Waals surface area contributed by atoms with E-state index in [0.29, 0.717) is 5.69 Å². The molecule has 1 aromatic heterocycles. The largest absolute Gasteiger partial charge is 0.325 e. The van der Waals surface area contributed by atoms with E-state index in [0.717, 1.165) is 48.6 Å². The normalized spacial score (nSPS) is 15.2. The zero-order valence-electron chi connectivity index (χ0n) is 20.7. The van der Waals surface area contributed by atoms with Crippen LogP contribution in [0.2, 0.25) is 0 Å². The fourth-order valence-electron chi connectivity index (χ4n) is 4.14.